The summed E-state index contributed by atoms with van der Waals surface area (Å²) < 4.78 is 5.61. The quantitative estimate of drug-likeness (QED) is 0.674. The summed E-state index contributed by atoms with van der Waals surface area (Å²) in [4.78, 5) is 0. The van der Waals surface area contributed by atoms with Crippen molar-refractivity contribution in [3.8, 4) is 0 Å². The van der Waals surface area contributed by atoms with Crippen LogP contribution in [0.4, 0.5) is 0 Å². The third-order valence-electron chi connectivity index (χ3n) is 3.58. The summed E-state index contributed by atoms with van der Waals surface area (Å²) in [6, 6.07) is 0.400. The van der Waals surface area contributed by atoms with Gasteiger partial charge >= 0.3 is 0 Å². The Morgan fingerprint density at radius 2 is 2.18 bits per heavy atom. The lowest BCUT2D eigenvalue weighted by atomic mass is 9.85. The zero-order valence-corrected chi connectivity index (χ0v) is 11.7. The maximum absolute atomic E-state index is 9.07. The van der Waals surface area contributed by atoms with Gasteiger partial charge in [0.2, 0.25) is 0 Å². The fraction of sp³-hybridized carbons (Fsp3) is 1.00. The second-order valence-corrected chi connectivity index (χ2v) is 6.16. The molecule has 2 atom stereocenters. The minimum absolute atomic E-state index is 0.215. The Kier molecular flexibility index (Phi) is 6.45. The number of nitrogens with one attached hydrogen (secondary N) is 1. The van der Waals surface area contributed by atoms with Crippen LogP contribution >= 0.6 is 0 Å². The van der Waals surface area contributed by atoms with Gasteiger partial charge in [-0.2, -0.15) is 0 Å². The van der Waals surface area contributed by atoms with E-state index in [9.17, 15) is 0 Å². The molecule has 102 valence electrons. The minimum Gasteiger partial charge on any atom is -0.396 e. The van der Waals surface area contributed by atoms with E-state index in [1.165, 1.54) is 25.7 Å². The molecule has 0 aromatic heterocycles. The maximum Gasteiger partial charge on any atom is 0.0576 e. The number of aliphatic hydroxyl groups excluding tert-OH is 1. The summed E-state index contributed by atoms with van der Waals surface area (Å²) in [5.74, 6) is 0. The van der Waals surface area contributed by atoms with Crippen LogP contribution in [-0.4, -0.2) is 37.0 Å². The van der Waals surface area contributed by atoms with Gasteiger partial charge in [-0.15, -0.1) is 0 Å². The SMILES string of the molecule is CC(C)(C)C(CCO)NCCCC1CCCO1. The molecular formula is C14H29NO2. The molecule has 0 amide bonds. The molecule has 1 aliphatic rings. The molecule has 1 aliphatic heterocycles. The molecule has 3 heteroatoms. The van der Waals surface area contributed by atoms with Gasteiger partial charge in [-0.3, -0.25) is 0 Å². The van der Waals surface area contributed by atoms with Crippen LogP contribution in [-0.2, 0) is 4.74 Å². The van der Waals surface area contributed by atoms with Crippen LogP contribution in [0.3, 0.4) is 0 Å². The summed E-state index contributed by atoms with van der Waals surface area (Å²) >= 11 is 0. The summed E-state index contributed by atoms with van der Waals surface area (Å²) in [7, 11) is 0. The molecule has 1 heterocycles. The molecule has 0 aliphatic carbocycles. The Bertz CT molecular complexity index is 195. The Morgan fingerprint density at radius 1 is 1.41 bits per heavy atom. The highest BCUT2D eigenvalue weighted by Crippen LogP contribution is 2.22. The zero-order chi connectivity index (χ0) is 12.7. The smallest absolute Gasteiger partial charge is 0.0576 e. The van der Waals surface area contributed by atoms with Crippen molar-refractivity contribution in [2.24, 2.45) is 5.41 Å². The average Bonchev–Trinajstić information content (AvgIpc) is 2.74. The zero-order valence-electron chi connectivity index (χ0n) is 11.7. The first kappa shape index (κ1) is 14.9. The van der Waals surface area contributed by atoms with E-state index in [-0.39, 0.29) is 12.0 Å². The van der Waals surface area contributed by atoms with Crippen molar-refractivity contribution < 1.29 is 9.84 Å². The van der Waals surface area contributed by atoms with Crippen LogP contribution in [0.1, 0.15) is 52.9 Å². The fourth-order valence-corrected chi connectivity index (χ4v) is 2.45. The highest BCUT2D eigenvalue weighted by atomic mass is 16.5. The van der Waals surface area contributed by atoms with Crippen molar-refractivity contribution in [2.75, 3.05) is 19.8 Å². The first-order valence-electron chi connectivity index (χ1n) is 7.00. The third kappa shape index (κ3) is 5.84. The van der Waals surface area contributed by atoms with Crippen LogP contribution in [0.25, 0.3) is 0 Å². The van der Waals surface area contributed by atoms with Crippen molar-refractivity contribution in [1.29, 1.82) is 0 Å². The Morgan fingerprint density at radius 3 is 2.71 bits per heavy atom. The number of aliphatic hydroxyl groups is 1. The van der Waals surface area contributed by atoms with Gasteiger partial charge < -0.3 is 15.2 Å². The van der Waals surface area contributed by atoms with Gasteiger partial charge in [-0.25, -0.2) is 0 Å². The van der Waals surface area contributed by atoms with E-state index in [1.54, 1.807) is 0 Å². The molecule has 0 bridgehead atoms. The molecule has 1 fully saturated rings. The van der Waals surface area contributed by atoms with Gasteiger partial charge in [-0.05, 0) is 44.1 Å². The van der Waals surface area contributed by atoms with Gasteiger partial charge in [0.05, 0.1) is 6.10 Å². The molecule has 1 rings (SSSR count). The maximum atomic E-state index is 9.07. The van der Waals surface area contributed by atoms with Crippen molar-refractivity contribution in [3.05, 3.63) is 0 Å². The molecule has 0 aromatic rings. The van der Waals surface area contributed by atoms with Crippen LogP contribution in [0, 0.1) is 5.41 Å². The first-order chi connectivity index (χ1) is 8.04. The van der Waals surface area contributed by atoms with Crippen molar-refractivity contribution in [1.82, 2.24) is 5.32 Å². The summed E-state index contributed by atoms with van der Waals surface area (Å²) in [6.07, 6.45) is 6.14. The Balaban J connectivity index is 2.13. The fourth-order valence-electron chi connectivity index (χ4n) is 2.45. The lowest BCUT2D eigenvalue weighted by molar-refractivity contribution is 0.101. The number of hydrogen-bond donors (Lipinski definition) is 2. The van der Waals surface area contributed by atoms with E-state index in [2.05, 4.69) is 26.1 Å². The summed E-state index contributed by atoms with van der Waals surface area (Å²) in [6.45, 7) is 8.91. The van der Waals surface area contributed by atoms with Crippen LogP contribution in [0.2, 0.25) is 0 Å². The first-order valence-corrected chi connectivity index (χ1v) is 7.00. The van der Waals surface area contributed by atoms with Crippen LogP contribution in [0.5, 0.6) is 0 Å². The highest BCUT2D eigenvalue weighted by molar-refractivity contribution is 4.80. The summed E-state index contributed by atoms with van der Waals surface area (Å²) in [5, 5.41) is 12.6. The molecule has 0 saturated carbocycles. The topological polar surface area (TPSA) is 41.5 Å². The second-order valence-electron chi connectivity index (χ2n) is 6.16. The Labute approximate surface area is 106 Å². The Hall–Kier alpha value is -0.120. The minimum atomic E-state index is 0.215. The predicted molar refractivity (Wildman–Crippen MR) is 71.2 cm³/mol. The van der Waals surface area contributed by atoms with Gasteiger partial charge in [0, 0.05) is 19.3 Å². The highest BCUT2D eigenvalue weighted by Gasteiger charge is 2.23. The lowest BCUT2D eigenvalue weighted by Gasteiger charge is -2.31. The molecule has 0 spiro atoms. The molecule has 3 nitrogen and oxygen atoms in total. The third-order valence-corrected chi connectivity index (χ3v) is 3.58. The van der Waals surface area contributed by atoms with E-state index in [1.807, 2.05) is 0 Å². The molecule has 0 radical (unpaired) electrons. The van der Waals surface area contributed by atoms with Crippen LogP contribution < -0.4 is 5.32 Å². The van der Waals surface area contributed by atoms with E-state index in [4.69, 9.17) is 9.84 Å². The van der Waals surface area contributed by atoms with Gasteiger partial charge in [0.25, 0.3) is 0 Å². The van der Waals surface area contributed by atoms with Gasteiger partial charge in [0.15, 0.2) is 0 Å². The van der Waals surface area contributed by atoms with E-state index in [0.29, 0.717) is 12.1 Å². The van der Waals surface area contributed by atoms with Gasteiger partial charge in [0.1, 0.15) is 0 Å². The molecule has 0 aromatic carbocycles. The molecule has 1 saturated heterocycles. The van der Waals surface area contributed by atoms with Gasteiger partial charge in [-0.1, -0.05) is 20.8 Å². The van der Waals surface area contributed by atoms with Crippen molar-refractivity contribution >= 4 is 0 Å². The van der Waals surface area contributed by atoms with Crippen molar-refractivity contribution in [3.63, 3.8) is 0 Å². The average molecular weight is 243 g/mol. The number of ether oxygens (including phenoxy) is 1. The normalized spacial score (nSPS) is 22.9. The van der Waals surface area contributed by atoms with E-state index in [0.717, 1.165) is 19.6 Å². The summed E-state index contributed by atoms with van der Waals surface area (Å²) in [5.41, 5.74) is 0.215. The monoisotopic (exact) mass is 243 g/mol. The number of hydrogen-bond acceptors (Lipinski definition) is 3. The largest absolute Gasteiger partial charge is 0.396 e. The number of rotatable bonds is 7. The van der Waals surface area contributed by atoms with E-state index >= 15 is 0 Å². The molecule has 2 unspecified atom stereocenters. The van der Waals surface area contributed by atoms with E-state index < -0.39 is 0 Å². The van der Waals surface area contributed by atoms with Crippen LogP contribution in [0.15, 0.2) is 0 Å². The van der Waals surface area contributed by atoms with Crippen molar-refractivity contribution in [2.45, 2.75) is 65.0 Å². The lowest BCUT2D eigenvalue weighted by Crippen LogP contribution is -2.41. The molecule has 2 N–H and O–H groups in total. The molecular weight excluding hydrogens is 214 g/mol. The predicted octanol–water partition coefficient (Wildman–Crippen LogP) is 2.33. The second kappa shape index (κ2) is 7.34. The standard InChI is InChI=1S/C14H29NO2/c1-14(2,3)13(8-10-16)15-9-4-6-12-7-5-11-17-12/h12-13,15-16H,4-11H2,1-3H3. The molecule has 17 heavy (non-hydrogen) atoms.